The summed E-state index contributed by atoms with van der Waals surface area (Å²) in [6, 6.07) is 0. The summed E-state index contributed by atoms with van der Waals surface area (Å²) < 4.78 is 19.4. The van der Waals surface area contributed by atoms with Crippen molar-refractivity contribution in [1.82, 2.24) is 4.90 Å². The van der Waals surface area contributed by atoms with E-state index in [-0.39, 0.29) is 0 Å². The summed E-state index contributed by atoms with van der Waals surface area (Å²) in [5.74, 6) is 0. The van der Waals surface area contributed by atoms with Crippen LogP contribution in [0.5, 0.6) is 0 Å². The second-order valence-electron chi connectivity index (χ2n) is 6.71. The average Bonchev–Trinajstić information content (AvgIpc) is 2.25. The highest BCUT2D eigenvalue weighted by Crippen LogP contribution is 2.42. The molecule has 1 heterocycles. The van der Waals surface area contributed by atoms with E-state index >= 15 is 0 Å². The number of carbonyl (C=O) groups is 2. The summed E-state index contributed by atoms with van der Waals surface area (Å²) in [7, 11) is 0. The van der Waals surface area contributed by atoms with Gasteiger partial charge in [0.25, 0.3) is 0 Å². The summed E-state index contributed by atoms with van der Waals surface area (Å²) in [6.45, 7) is 8.94. The Hall–Kier alpha value is -1.13. The van der Waals surface area contributed by atoms with Crippen LogP contribution in [0.4, 0.5) is 9.18 Å². The van der Waals surface area contributed by atoms with Gasteiger partial charge in [-0.05, 0) is 47.5 Å². The zero-order valence-electron chi connectivity index (χ0n) is 12.5. The number of amides is 1. The van der Waals surface area contributed by atoms with Crippen molar-refractivity contribution in [2.45, 2.75) is 58.7 Å². The second kappa shape index (κ2) is 5.10. The van der Waals surface area contributed by atoms with E-state index in [0.29, 0.717) is 32.2 Å². The van der Waals surface area contributed by atoms with Gasteiger partial charge in [-0.1, -0.05) is 0 Å². The van der Waals surface area contributed by atoms with Crippen LogP contribution in [-0.2, 0) is 9.53 Å². The van der Waals surface area contributed by atoms with Gasteiger partial charge in [-0.25, -0.2) is 9.18 Å². The lowest BCUT2D eigenvalue weighted by atomic mass is 9.69. The van der Waals surface area contributed by atoms with E-state index < -0.39 is 22.8 Å². The Morgan fingerprint density at radius 2 is 1.68 bits per heavy atom. The van der Waals surface area contributed by atoms with Crippen molar-refractivity contribution in [3.8, 4) is 0 Å². The average molecular weight is 273 g/mol. The zero-order chi connectivity index (χ0) is 14.9. The van der Waals surface area contributed by atoms with E-state index in [9.17, 15) is 14.0 Å². The number of carbonyl (C=O) groups excluding carboxylic acids is 2. The van der Waals surface area contributed by atoms with E-state index in [1.165, 1.54) is 13.8 Å². The van der Waals surface area contributed by atoms with Crippen LogP contribution >= 0.6 is 0 Å². The normalized spacial score (nSPS) is 20.0. The quantitative estimate of drug-likeness (QED) is 0.727. The van der Waals surface area contributed by atoms with E-state index in [2.05, 4.69) is 0 Å². The molecule has 1 aliphatic rings. The summed E-state index contributed by atoms with van der Waals surface area (Å²) >= 11 is 0. The molecule has 1 aliphatic heterocycles. The topological polar surface area (TPSA) is 46.6 Å². The lowest BCUT2D eigenvalue weighted by molar-refractivity contribution is -0.129. The number of nitrogens with zero attached hydrogens (tertiary/aromatic N) is 1. The van der Waals surface area contributed by atoms with Crippen LogP contribution in [0, 0.1) is 5.41 Å². The van der Waals surface area contributed by atoms with Gasteiger partial charge in [-0.2, -0.15) is 0 Å². The van der Waals surface area contributed by atoms with E-state index in [4.69, 9.17) is 4.74 Å². The van der Waals surface area contributed by atoms with Crippen LogP contribution in [0.2, 0.25) is 0 Å². The van der Waals surface area contributed by atoms with Crippen molar-refractivity contribution < 1.29 is 18.7 Å². The third-order valence-electron chi connectivity index (χ3n) is 3.72. The van der Waals surface area contributed by atoms with Crippen molar-refractivity contribution >= 4 is 12.4 Å². The Balaban J connectivity index is 2.67. The number of hydrogen-bond acceptors (Lipinski definition) is 3. The molecule has 0 aliphatic carbocycles. The second-order valence-corrected chi connectivity index (χ2v) is 6.71. The molecule has 0 spiro atoms. The SMILES string of the molecule is CC(C)(C)OC(=O)N1CCC(C=O)(C(C)(C)F)CC1. The third-order valence-corrected chi connectivity index (χ3v) is 3.72. The van der Waals surface area contributed by atoms with Gasteiger partial charge in [0.05, 0.1) is 5.41 Å². The van der Waals surface area contributed by atoms with E-state index in [1.807, 2.05) is 0 Å². The zero-order valence-corrected chi connectivity index (χ0v) is 12.5. The molecule has 5 heteroatoms. The van der Waals surface area contributed by atoms with Crippen molar-refractivity contribution in [2.75, 3.05) is 13.1 Å². The first-order valence-electron chi connectivity index (χ1n) is 6.64. The monoisotopic (exact) mass is 273 g/mol. The largest absolute Gasteiger partial charge is 0.444 e. The summed E-state index contributed by atoms with van der Waals surface area (Å²) in [5.41, 5.74) is -3.12. The van der Waals surface area contributed by atoms with Gasteiger partial charge in [0, 0.05) is 13.1 Å². The van der Waals surface area contributed by atoms with Crippen LogP contribution in [0.15, 0.2) is 0 Å². The number of hydrogen-bond donors (Lipinski definition) is 0. The molecule has 110 valence electrons. The first-order valence-corrected chi connectivity index (χ1v) is 6.64. The van der Waals surface area contributed by atoms with Gasteiger partial charge in [0.2, 0.25) is 0 Å². The Morgan fingerprint density at radius 3 is 2.00 bits per heavy atom. The third kappa shape index (κ3) is 3.67. The first-order chi connectivity index (χ1) is 8.51. The minimum atomic E-state index is -1.57. The van der Waals surface area contributed by atoms with Crippen molar-refractivity contribution in [1.29, 1.82) is 0 Å². The molecule has 1 amide bonds. The lowest BCUT2D eigenvalue weighted by Gasteiger charge is -2.43. The molecule has 0 saturated carbocycles. The molecular weight excluding hydrogens is 249 g/mol. The highest BCUT2D eigenvalue weighted by Gasteiger charge is 2.48. The van der Waals surface area contributed by atoms with Gasteiger partial charge < -0.3 is 14.4 Å². The highest BCUT2D eigenvalue weighted by atomic mass is 19.1. The molecule has 0 aromatic carbocycles. The van der Waals surface area contributed by atoms with Crippen LogP contribution < -0.4 is 0 Å². The maximum absolute atomic E-state index is 14.2. The molecule has 0 N–H and O–H groups in total. The summed E-state index contributed by atoms with van der Waals surface area (Å²) in [5, 5.41) is 0. The molecular formula is C14H24FNO3. The number of alkyl halides is 1. The fourth-order valence-corrected chi connectivity index (χ4v) is 2.27. The van der Waals surface area contributed by atoms with E-state index in [0.717, 1.165) is 0 Å². The van der Waals surface area contributed by atoms with E-state index in [1.54, 1.807) is 25.7 Å². The number of aldehydes is 1. The van der Waals surface area contributed by atoms with Crippen LogP contribution in [0.3, 0.4) is 0 Å². The minimum absolute atomic E-state index is 0.333. The van der Waals surface area contributed by atoms with Gasteiger partial charge in [-0.3, -0.25) is 0 Å². The van der Waals surface area contributed by atoms with Gasteiger partial charge in [0.1, 0.15) is 17.6 Å². The Bertz CT molecular complexity index is 347. The predicted molar refractivity (Wildman–Crippen MR) is 70.7 cm³/mol. The number of piperidine rings is 1. The van der Waals surface area contributed by atoms with Gasteiger partial charge >= 0.3 is 6.09 Å². The molecule has 0 aromatic rings. The molecule has 4 nitrogen and oxygen atoms in total. The lowest BCUT2D eigenvalue weighted by Crippen LogP contribution is -2.52. The molecule has 0 bridgehead atoms. The number of halogens is 1. The van der Waals surface area contributed by atoms with Crippen molar-refractivity contribution in [3.05, 3.63) is 0 Å². The van der Waals surface area contributed by atoms with Gasteiger partial charge in [-0.15, -0.1) is 0 Å². The highest BCUT2D eigenvalue weighted by molar-refractivity contribution is 5.69. The smallest absolute Gasteiger partial charge is 0.410 e. The maximum atomic E-state index is 14.2. The summed E-state index contributed by atoms with van der Waals surface area (Å²) in [4.78, 5) is 24.7. The molecule has 0 aromatic heterocycles. The fraction of sp³-hybridized carbons (Fsp3) is 0.857. The van der Waals surface area contributed by atoms with Gasteiger partial charge in [0.15, 0.2) is 0 Å². The Morgan fingerprint density at radius 1 is 1.21 bits per heavy atom. The van der Waals surface area contributed by atoms with Crippen LogP contribution in [0.25, 0.3) is 0 Å². The summed E-state index contributed by atoms with van der Waals surface area (Å²) in [6.07, 6.45) is 0.974. The molecule has 0 atom stereocenters. The number of rotatable bonds is 2. The molecule has 1 saturated heterocycles. The predicted octanol–water partition coefficient (Wildman–Crippen LogP) is 2.95. The van der Waals surface area contributed by atoms with Crippen LogP contribution in [0.1, 0.15) is 47.5 Å². The number of ether oxygens (including phenoxy) is 1. The minimum Gasteiger partial charge on any atom is -0.444 e. The molecule has 0 unspecified atom stereocenters. The van der Waals surface area contributed by atoms with Crippen LogP contribution in [-0.4, -0.2) is 41.6 Å². The standard InChI is InChI=1S/C14H24FNO3/c1-12(2,3)19-11(18)16-8-6-14(10-17,7-9-16)13(4,5)15/h10H,6-9H2,1-5H3. The Labute approximate surface area is 114 Å². The Kier molecular flexibility index (Phi) is 4.27. The molecule has 19 heavy (non-hydrogen) atoms. The number of likely N-dealkylation sites (tertiary alicyclic amines) is 1. The first kappa shape index (κ1) is 15.9. The van der Waals surface area contributed by atoms with Crippen molar-refractivity contribution in [3.63, 3.8) is 0 Å². The molecule has 1 rings (SSSR count). The molecule has 0 radical (unpaired) electrons. The molecule has 1 fully saturated rings. The maximum Gasteiger partial charge on any atom is 0.410 e. The fourth-order valence-electron chi connectivity index (χ4n) is 2.27. The van der Waals surface area contributed by atoms with Crippen molar-refractivity contribution in [2.24, 2.45) is 5.41 Å².